The molecular formula is C9H12N4O. The van der Waals surface area contributed by atoms with Crippen LogP contribution in [0, 0.1) is 0 Å². The van der Waals surface area contributed by atoms with Crippen molar-refractivity contribution in [2.45, 2.75) is 13.1 Å². The largest absolute Gasteiger partial charge is 0.447 e. The van der Waals surface area contributed by atoms with Gasteiger partial charge in [0, 0.05) is 19.4 Å². The summed E-state index contributed by atoms with van der Waals surface area (Å²) in [4.78, 5) is 8.02. The molecule has 0 saturated carbocycles. The Labute approximate surface area is 81.8 Å². The van der Waals surface area contributed by atoms with Gasteiger partial charge in [-0.1, -0.05) is 0 Å². The monoisotopic (exact) mass is 192 g/mol. The molecular weight excluding hydrogens is 180 g/mol. The fourth-order valence-corrected chi connectivity index (χ4v) is 1.19. The minimum atomic E-state index is 0.673. The predicted octanol–water partition coefficient (Wildman–Crippen LogP) is 0.698. The summed E-state index contributed by atoms with van der Waals surface area (Å²) >= 11 is 0. The minimum absolute atomic E-state index is 0.673. The summed E-state index contributed by atoms with van der Waals surface area (Å²) in [6.45, 7) is 1.40. The van der Waals surface area contributed by atoms with Gasteiger partial charge in [0.05, 0.1) is 19.3 Å². The first-order chi connectivity index (χ1) is 6.86. The van der Waals surface area contributed by atoms with Crippen molar-refractivity contribution in [3.63, 3.8) is 0 Å². The lowest BCUT2D eigenvalue weighted by atomic mass is 10.5. The van der Waals surface area contributed by atoms with Crippen LogP contribution < -0.4 is 5.32 Å². The zero-order chi connectivity index (χ0) is 9.80. The van der Waals surface area contributed by atoms with Crippen LogP contribution in [-0.2, 0) is 20.1 Å². The first kappa shape index (κ1) is 8.96. The van der Waals surface area contributed by atoms with Crippen LogP contribution in [0.1, 0.15) is 11.6 Å². The Bertz CT molecular complexity index is 379. The third-order valence-electron chi connectivity index (χ3n) is 1.99. The molecule has 2 aromatic rings. The highest BCUT2D eigenvalue weighted by molar-refractivity contribution is 4.92. The van der Waals surface area contributed by atoms with E-state index >= 15 is 0 Å². The molecule has 0 fully saturated rings. The zero-order valence-electron chi connectivity index (χ0n) is 7.97. The summed E-state index contributed by atoms with van der Waals surface area (Å²) in [5.41, 5.74) is 0. The molecule has 0 spiro atoms. The standard InChI is InChI=1S/C9H12N4O/c1-13-3-2-12-9(13)6-10-4-8-5-11-7-14-8/h2-3,5,7,10H,4,6H2,1H3. The van der Waals surface area contributed by atoms with Crippen LogP contribution in [0.4, 0.5) is 0 Å². The number of imidazole rings is 1. The van der Waals surface area contributed by atoms with Gasteiger partial charge in [-0.3, -0.25) is 0 Å². The van der Waals surface area contributed by atoms with Crippen LogP contribution in [-0.4, -0.2) is 14.5 Å². The van der Waals surface area contributed by atoms with Crippen molar-refractivity contribution in [3.05, 3.63) is 36.6 Å². The SMILES string of the molecule is Cn1ccnc1CNCc1cnco1. The van der Waals surface area contributed by atoms with Crippen LogP contribution in [0.5, 0.6) is 0 Å². The number of nitrogens with zero attached hydrogens (tertiary/aromatic N) is 3. The molecule has 0 radical (unpaired) electrons. The summed E-state index contributed by atoms with van der Waals surface area (Å²) < 4.78 is 7.06. The lowest BCUT2D eigenvalue weighted by Gasteiger charge is -2.02. The highest BCUT2D eigenvalue weighted by atomic mass is 16.3. The van der Waals surface area contributed by atoms with Gasteiger partial charge in [0.15, 0.2) is 6.39 Å². The quantitative estimate of drug-likeness (QED) is 0.774. The second-order valence-corrected chi connectivity index (χ2v) is 3.03. The number of rotatable bonds is 4. The maximum atomic E-state index is 5.08. The Hall–Kier alpha value is -1.62. The summed E-state index contributed by atoms with van der Waals surface area (Å²) in [5.74, 6) is 1.84. The first-order valence-electron chi connectivity index (χ1n) is 4.40. The van der Waals surface area contributed by atoms with E-state index in [1.54, 1.807) is 12.4 Å². The van der Waals surface area contributed by atoms with Crippen LogP contribution in [0.25, 0.3) is 0 Å². The summed E-state index contributed by atoms with van der Waals surface area (Å²) in [6, 6.07) is 0. The highest BCUT2D eigenvalue weighted by Gasteiger charge is 1.99. The van der Waals surface area contributed by atoms with Gasteiger partial charge < -0.3 is 14.3 Å². The van der Waals surface area contributed by atoms with Gasteiger partial charge in [-0.05, 0) is 0 Å². The molecule has 0 bridgehead atoms. The van der Waals surface area contributed by atoms with E-state index in [4.69, 9.17) is 4.42 Å². The van der Waals surface area contributed by atoms with E-state index in [-0.39, 0.29) is 0 Å². The van der Waals surface area contributed by atoms with Crippen molar-refractivity contribution in [3.8, 4) is 0 Å². The number of hydrogen-bond donors (Lipinski definition) is 1. The first-order valence-corrected chi connectivity index (χ1v) is 4.40. The summed E-state index contributed by atoms with van der Waals surface area (Å²) in [6.07, 6.45) is 6.83. The second kappa shape index (κ2) is 4.06. The molecule has 2 aromatic heterocycles. The van der Waals surface area contributed by atoms with Crippen LogP contribution in [0.3, 0.4) is 0 Å². The van der Waals surface area contributed by atoms with Gasteiger partial charge in [-0.15, -0.1) is 0 Å². The van der Waals surface area contributed by atoms with Gasteiger partial charge in [-0.25, -0.2) is 9.97 Å². The molecule has 0 unspecified atom stereocenters. The molecule has 2 rings (SSSR count). The van der Waals surface area contributed by atoms with Crippen LogP contribution in [0.2, 0.25) is 0 Å². The Balaban J connectivity index is 1.81. The number of nitrogens with one attached hydrogen (secondary N) is 1. The van der Waals surface area contributed by atoms with E-state index in [1.807, 2.05) is 17.8 Å². The Kier molecular flexibility index (Phi) is 2.60. The molecule has 0 aliphatic heterocycles. The number of hydrogen-bond acceptors (Lipinski definition) is 4. The molecule has 0 atom stereocenters. The van der Waals surface area contributed by atoms with Gasteiger partial charge in [0.2, 0.25) is 0 Å². The molecule has 0 amide bonds. The maximum Gasteiger partial charge on any atom is 0.180 e. The smallest absolute Gasteiger partial charge is 0.180 e. The van der Waals surface area contributed by atoms with Crippen molar-refractivity contribution in [2.24, 2.45) is 7.05 Å². The maximum absolute atomic E-state index is 5.08. The molecule has 2 heterocycles. The summed E-state index contributed by atoms with van der Waals surface area (Å²) in [5, 5.41) is 3.21. The lowest BCUT2D eigenvalue weighted by molar-refractivity contribution is 0.475. The fraction of sp³-hybridized carbons (Fsp3) is 0.333. The van der Waals surface area contributed by atoms with E-state index in [9.17, 15) is 0 Å². The molecule has 0 aromatic carbocycles. The van der Waals surface area contributed by atoms with Gasteiger partial charge in [0.1, 0.15) is 11.6 Å². The van der Waals surface area contributed by atoms with Crippen LogP contribution in [0.15, 0.2) is 29.4 Å². The Morgan fingerprint density at radius 2 is 2.43 bits per heavy atom. The summed E-state index contributed by atoms with van der Waals surface area (Å²) in [7, 11) is 1.97. The van der Waals surface area contributed by atoms with E-state index < -0.39 is 0 Å². The van der Waals surface area contributed by atoms with Gasteiger partial charge in [-0.2, -0.15) is 0 Å². The number of aryl methyl sites for hydroxylation is 1. The number of aromatic nitrogens is 3. The Morgan fingerprint density at radius 3 is 3.07 bits per heavy atom. The van der Waals surface area contributed by atoms with Gasteiger partial charge >= 0.3 is 0 Å². The predicted molar refractivity (Wildman–Crippen MR) is 50.3 cm³/mol. The second-order valence-electron chi connectivity index (χ2n) is 3.03. The van der Waals surface area contributed by atoms with E-state index in [0.717, 1.165) is 18.1 Å². The lowest BCUT2D eigenvalue weighted by Crippen LogP contribution is -2.15. The molecule has 0 aliphatic rings. The van der Waals surface area contributed by atoms with E-state index in [1.165, 1.54) is 6.39 Å². The molecule has 5 heteroatoms. The van der Waals surface area contributed by atoms with Crippen molar-refractivity contribution in [1.29, 1.82) is 0 Å². The van der Waals surface area contributed by atoms with Gasteiger partial charge in [0.25, 0.3) is 0 Å². The van der Waals surface area contributed by atoms with Crippen molar-refractivity contribution in [1.82, 2.24) is 19.9 Å². The van der Waals surface area contributed by atoms with E-state index in [0.29, 0.717) is 6.54 Å². The molecule has 1 N–H and O–H groups in total. The topological polar surface area (TPSA) is 55.9 Å². The van der Waals surface area contributed by atoms with E-state index in [2.05, 4.69) is 15.3 Å². The molecule has 0 saturated heterocycles. The van der Waals surface area contributed by atoms with Crippen molar-refractivity contribution < 1.29 is 4.42 Å². The zero-order valence-corrected chi connectivity index (χ0v) is 7.97. The Morgan fingerprint density at radius 1 is 1.50 bits per heavy atom. The third kappa shape index (κ3) is 2.00. The molecule has 14 heavy (non-hydrogen) atoms. The average Bonchev–Trinajstić information content (AvgIpc) is 2.78. The third-order valence-corrected chi connectivity index (χ3v) is 1.99. The molecule has 5 nitrogen and oxygen atoms in total. The minimum Gasteiger partial charge on any atom is -0.447 e. The average molecular weight is 192 g/mol. The fourth-order valence-electron chi connectivity index (χ4n) is 1.19. The molecule has 74 valence electrons. The number of oxazole rings is 1. The highest BCUT2D eigenvalue weighted by Crippen LogP contribution is 1.97. The van der Waals surface area contributed by atoms with Crippen molar-refractivity contribution in [2.75, 3.05) is 0 Å². The molecule has 0 aliphatic carbocycles. The normalized spacial score (nSPS) is 10.6. The van der Waals surface area contributed by atoms with Crippen molar-refractivity contribution >= 4 is 0 Å². The van der Waals surface area contributed by atoms with Crippen LogP contribution >= 0.6 is 0 Å².